The third kappa shape index (κ3) is 2.97. The number of nitrogens with one attached hydrogen (secondary N) is 1. The first kappa shape index (κ1) is 12.8. The molecule has 1 aliphatic carbocycles. The van der Waals surface area contributed by atoms with Crippen molar-refractivity contribution in [2.24, 2.45) is 0 Å². The molecule has 2 rings (SSSR count). The summed E-state index contributed by atoms with van der Waals surface area (Å²) in [6.07, 6.45) is 5.91. The first-order chi connectivity index (χ1) is 8.24. The average Bonchev–Trinajstić information content (AvgIpc) is 2.77. The Kier molecular flexibility index (Phi) is 4.36. The summed E-state index contributed by atoms with van der Waals surface area (Å²) in [6, 6.07) is 8.49. The van der Waals surface area contributed by atoms with Crippen molar-refractivity contribution in [3.8, 4) is 6.07 Å². The number of nitriles is 1. The van der Waals surface area contributed by atoms with E-state index in [1.54, 1.807) is 0 Å². The zero-order chi connectivity index (χ0) is 12.3. The zero-order valence-electron chi connectivity index (χ0n) is 9.74. The lowest BCUT2D eigenvalue weighted by Crippen LogP contribution is -2.26. The Bertz CT molecular complexity index is 442. The molecular formula is C13H15BrN2S. The summed E-state index contributed by atoms with van der Waals surface area (Å²) in [5, 5.41) is 13.3. The van der Waals surface area contributed by atoms with Crippen LogP contribution in [0.4, 0.5) is 5.69 Å². The van der Waals surface area contributed by atoms with Crippen LogP contribution in [0.1, 0.15) is 24.8 Å². The minimum absolute atomic E-state index is 0.492. The number of rotatable bonds is 3. The van der Waals surface area contributed by atoms with Gasteiger partial charge in [0, 0.05) is 15.8 Å². The van der Waals surface area contributed by atoms with Crippen LogP contribution in [0.3, 0.4) is 0 Å². The van der Waals surface area contributed by atoms with Crippen molar-refractivity contribution < 1.29 is 0 Å². The number of nitrogens with zero attached hydrogens (tertiary/aromatic N) is 1. The van der Waals surface area contributed by atoms with Crippen molar-refractivity contribution >= 4 is 33.4 Å². The van der Waals surface area contributed by atoms with Gasteiger partial charge in [-0.1, -0.05) is 22.4 Å². The molecule has 2 unspecified atom stereocenters. The van der Waals surface area contributed by atoms with Crippen LogP contribution in [0.5, 0.6) is 0 Å². The predicted octanol–water partition coefficient (Wildman–Crippen LogP) is 4.02. The maximum Gasteiger partial charge on any atom is 0.101 e. The fourth-order valence-corrected chi connectivity index (χ4v) is 3.60. The summed E-state index contributed by atoms with van der Waals surface area (Å²) in [7, 11) is 0. The maximum atomic E-state index is 9.10. The van der Waals surface area contributed by atoms with Gasteiger partial charge in [-0.05, 0) is 37.3 Å². The molecule has 0 spiro atoms. The number of hydrogen-bond donors (Lipinski definition) is 1. The molecule has 1 saturated carbocycles. The lowest BCUT2D eigenvalue weighted by Gasteiger charge is -2.21. The lowest BCUT2D eigenvalue weighted by atomic mass is 10.1. The largest absolute Gasteiger partial charge is 0.380 e. The van der Waals surface area contributed by atoms with Gasteiger partial charge in [0.1, 0.15) is 6.07 Å². The number of hydrogen-bond acceptors (Lipinski definition) is 3. The molecule has 0 aromatic heterocycles. The summed E-state index contributed by atoms with van der Waals surface area (Å²) >= 11 is 5.37. The monoisotopic (exact) mass is 310 g/mol. The highest BCUT2D eigenvalue weighted by Gasteiger charge is 2.26. The molecule has 17 heavy (non-hydrogen) atoms. The predicted molar refractivity (Wildman–Crippen MR) is 77.4 cm³/mol. The van der Waals surface area contributed by atoms with E-state index in [-0.39, 0.29) is 0 Å². The van der Waals surface area contributed by atoms with E-state index in [0.29, 0.717) is 11.3 Å². The number of thioether (sulfide) groups is 1. The molecule has 1 aliphatic rings. The van der Waals surface area contributed by atoms with Crippen LogP contribution < -0.4 is 5.32 Å². The van der Waals surface area contributed by atoms with Gasteiger partial charge in [-0.2, -0.15) is 17.0 Å². The second kappa shape index (κ2) is 5.79. The van der Waals surface area contributed by atoms with E-state index < -0.39 is 0 Å². The highest BCUT2D eigenvalue weighted by atomic mass is 79.9. The zero-order valence-corrected chi connectivity index (χ0v) is 12.1. The van der Waals surface area contributed by atoms with Crippen molar-refractivity contribution in [2.75, 3.05) is 11.6 Å². The Morgan fingerprint density at radius 2 is 2.29 bits per heavy atom. The molecule has 0 heterocycles. The van der Waals surface area contributed by atoms with Crippen LogP contribution >= 0.6 is 27.7 Å². The quantitative estimate of drug-likeness (QED) is 0.916. The van der Waals surface area contributed by atoms with Crippen LogP contribution in [0.15, 0.2) is 22.7 Å². The van der Waals surface area contributed by atoms with Gasteiger partial charge in [-0.15, -0.1) is 0 Å². The molecule has 0 amide bonds. The van der Waals surface area contributed by atoms with Crippen LogP contribution in [-0.2, 0) is 0 Å². The SMILES string of the molecule is CSC1CCCC1Nc1cc(Br)ccc1C#N. The second-order valence-electron chi connectivity index (χ2n) is 4.26. The van der Waals surface area contributed by atoms with Crippen LogP contribution in [-0.4, -0.2) is 17.5 Å². The van der Waals surface area contributed by atoms with Crippen LogP contribution in [0.2, 0.25) is 0 Å². The topological polar surface area (TPSA) is 35.8 Å². The molecule has 0 radical (unpaired) electrons. The van der Waals surface area contributed by atoms with E-state index in [1.165, 1.54) is 19.3 Å². The minimum atomic E-state index is 0.492. The van der Waals surface area contributed by atoms with Crippen molar-refractivity contribution in [2.45, 2.75) is 30.6 Å². The summed E-state index contributed by atoms with van der Waals surface area (Å²) in [5.74, 6) is 0. The third-order valence-corrected chi connectivity index (χ3v) is 4.86. The molecular weight excluding hydrogens is 296 g/mol. The van der Waals surface area contributed by atoms with Gasteiger partial charge in [0.15, 0.2) is 0 Å². The molecule has 2 atom stereocenters. The minimum Gasteiger partial charge on any atom is -0.380 e. The van der Waals surface area contributed by atoms with E-state index >= 15 is 0 Å². The van der Waals surface area contributed by atoms with Crippen molar-refractivity contribution in [1.29, 1.82) is 5.26 Å². The van der Waals surface area contributed by atoms with E-state index in [9.17, 15) is 0 Å². The van der Waals surface area contributed by atoms with E-state index in [2.05, 4.69) is 33.6 Å². The molecule has 0 aliphatic heterocycles. The van der Waals surface area contributed by atoms with Gasteiger partial charge >= 0.3 is 0 Å². The standard InChI is InChI=1S/C13H15BrN2S/c1-17-13-4-2-3-11(13)16-12-7-10(14)6-5-9(12)8-15/h5-7,11,13,16H,2-4H2,1H3. The molecule has 1 fully saturated rings. The molecule has 0 saturated heterocycles. The first-order valence-corrected chi connectivity index (χ1v) is 7.81. The van der Waals surface area contributed by atoms with Crippen molar-refractivity contribution in [3.05, 3.63) is 28.2 Å². The molecule has 2 nitrogen and oxygen atoms in total. The summed E-state index contributed by atoms with van der Waals surface area (Å²) < 4.78 is 1.01. The number of anilines is 1. The van der Waals surface area contributed by atoms with E-state index in [4.69, 9.17) is 5.26 Å². The Balaban J connectivity index is 2.18. The third-order valence-electron chi connectivity index (χ3n) is 3.20. The molecule has 0 bridgehead atoms. The molecule has 4 heteroatoms. The van der Waals surface area contributed by atoms with Gasteiger partial charge in [0.05, 0.1) is 11.3 Å². The van der Waals surface area contributed by atoms with Crippen LogP contribution in [0.25, 0.3) is 0 Å². The average molecular weight is 311 g/mol. The summed E-state index contributed by atoms with van der Waals surface area (Å²) in [6.45, 7) is 0. The van der Waals surface area contributed by atoms with Gasteiger partial charge in [-0.25, -0.2) is 0 Å². The fourth-order valence-electron chi connectivity index (χ4n) is 2.31. The highest BCUT2D eigenvalue weighted by molar-refractivity contribution is 9.10. The number of halogens is 1. The summed E-state index contributed by atoms with van der Waals surface area (Å²) in [4.78, 5) is 0. The fraction of sp³-hybridized carbons (Fsp3) is 0.462. The number of benzene rings is 1. The molecule has 90 valence electrons. The Morgan fingerprint density at radius 1 is 1.47 bits per heavy atom. The Labute approximate surface area is 115 Å². The van der Waals surface area contributed by atoms with Gasteiger partial charge in [0.2, 0.25) is 0 Å². The van der Waals surface area contributed by atoms with Gasteiger partial charge in [-0.3, -0.25) is 0 Å². The second-order valence-corrected chi connectivity index (χ2v) is 6.25. The Morgan fingerprint density at radius 3 is 3.00 bits per heavy atom. The van der Waals surface area contributed by atoms with Gasteiger partial charge in [0.25, 0.3) is 0 Å². The van der Waals surface area contributed by atoms with Gasteiger partial charge < -0.3 is 5.32 Å². The normalized spacial score (nSPS) is 23.4. The highest BCUT2D eigenvalue weighted by Crippen LogP contribution is 2.32. The smallest absolute Gasteiger partial charge is 0.101 e. The van der Waals surface area contributed by atoms with Crippen molar-refractivity contribution in [1.82, 2.24) is 0 Å². The van der Waals surface area contributed by atoms with E-state index in [1.807, 2.05) is 30.0 Å². The maximum absolute atomic E-state index is 9.10. The molecule has 1 N–H and O–H groups in total. The lowest BCUT2D eigenvalue weighted by molar-refractivity contribution is 0.768. The summed E-state index contributed by atoms with van der Waals surface area (Å²) in [5.41, 5.74) is 1.67. The van der Waals surface area contributed by atoms with Crippen molar-refractivity contribution in [3.63, 3.8) is 0 Å². The molecule has 1 aromatic rings. The Hall–Kier alpha value is -0.660. The first-order valence-electron chi connectivity index (χ1n) is 5.73. The van der Waals surface area contributed by atoms with E-state index in [0.717, 1.165) is 15.7 Å². The molecule has 1 aromatic carbocycles. The van der Waals surface area contributed by atoms with Crippen LogP contribution in [0, 0.1) is 11.3 Å².